The third kappa shape index (κ3) is 3.92. The molecule has 2 heteroatoms. The Hall–Kier alpha value is -1.02. The monoisotopic (exact) mass is 207 g/mol. The molecule has 0 saturated carbocycles. The van der Waals surface area contributed by atoms with E-state index in [-0.39, 0.29) is 6.10 Å². The van der Waals surface area contributed by atoms with Crippen LogP contribution >= 0.6 is 0 Å². The number of hydrogen-bond acceptors (Lipinski definition) is 2. The number of rotatable bonds is 5. The highest BCUT2D eigenvalue weighted by molar-refractivity contribution is 5.37. The molecule has 0 aliphatic carbocycles. The SMILES string of the molecule is CNCCc1cc(C)ccc1OC(C)C. The van der Waals surface area contributed by atoms with Crippen LogP contribution in [0.15, 0.2) is 18.2 Å². The van der Waals surface area contributed by atoms with Crippen molar-refractivity contribution in [2.24, 2.45) is 0 Å². The van der Waals surface area contributed by atoms with Gasteiger partial charge in [0.25, 0.3) is 0 Å². The van der Waals surface area contributed by atoms with Crippen molar-refractivity contribution in [3.63, 3.8) is 0 Å². The normalized spacial score (nSPS) is 10.7. The Balaban J connectivity index is 2.82. The average molecular weight is 207 g/mol. The molecule has 1 aromatic carbocycles. The maximum atomic E-state index is 5.77. The summed E-state index contributed by atoms with van der Waals surface area (Å²) in [5.41, 5.74) is 2.58. The van der Waals surface area contributed by atoms with Gasteiger partial charge in [-0.05, 0) is 52.4 Å². The van der Waals surface area contributed by atoms with Crippen LogP contribution in [-0.2, 0) is 6.42 Å². The van der Waals surface area contributed by atoms with Crippen LogP contribution < -0.4 is 10.1 Å². The average Bonchev–Trinajstić information content (AvgIpc) is 2.18. The fourth-order valence-corrected chi connectivity index (χ4v) is 1.53. The van der Waals surface area contributed by atoms with Crippen LogP contribution in [0.2, 0.25) is 0 Å². The van der Waals surface area contributed by atoms with E-state index in [0.29, 0.717) is 0 Å². The largest absolute Gasteiger partial charge is 0.491 e. The van der Waals surface area contributed by atoms with Gasteiger partial charge in [-0.15, -0.1) is 0 Å². The minimum atomic E-state index is 0.237. The lowest BCUT2D eigenvalue weighted by atomic mass is 10.1. The molecule has 0 spiro atoms. The van der Waals surface area contributed by atoms with E-state index in [2.05, 4.69) is 44.3 Å². The van der Waals surface area contributed by atoms with E-state index in [0.717, 1.165) is 18.7 Å². The summed E-state index contributed by atoms with van der Waals surface area (Å²) >= 11 is 0. The van der Waals surface area contributed by atoms with E-state index in [4.69, 9.17) is 4.74 Å². The smallest absolute Gasteiger partial charge is 0.122 e. The van der Waals surface area contributed by atoms with Crippen molar-refractivity contribution in [1.82, 2.24) is 5.32 Å². The lowest BCUT2D eigenvalue weighted by molar-refractivity contribution is 0.240. The Labute approximate surface area is 92.6 Å². The standard InChI is InChI=1S/C13H21NO/c1-10(2)15-13-6-5-11(3)9-12(13)7-8-14-4/h5-6,9-10,14H,7-8H2,1-4H3. The van der Waals surface area contributed by atoms with Gasteiger partial charge in [-0.2, -0.15) is 0 Å². The maximum absolute atomic E-state index is 5.77. The molecule has 0 fully saturated rings. The summed E-state index contributed by atoms with van der Waals surface area (Å²) in [5.74, 6) is 1.02. The van der Waals surface area contributed by atoms with Crippen molar-refractivity contribution >= 4 is 0 Å². The van der Waals surface area contributed by atoms with Gasteiger partial charge in [-0.25, -0.2) is 0 Å². The first kappa shape index (κ1) is 12.1. The van der Waals surface area contributed by atoms with Crippen LogP contribution in [0.5, 0.6) is 5.75 Å². The highest BCUT2D eigenvalue weighted by Gasteiger charge is 2.05. The summed E-state index contributed by atoms with van der Waals surface area (Å²) < 4.78 is 5.77. The summed E-state index contributed by atoms with van der Waals surface area (Å²) in [5, 5.41) is 3.16. The van der Waals surface area contributed by atoms with Gasteiger partial charge in [0.05, 0.1) is 6.10 Å². The van der Waals surface area contributed by atoms with E-state index in [1.807, 2.05) is 7.05 Å². The highest BCUT2D eigenvalue weighted by Crippen LogP contribution is 2.21. The van der Waals surface area contributed by atoms with Crippen molar-refractivity contribution in [3.8, 4) is 5.75 Å². The Kier molecular flexibility index (Phi) is 4.63. The van der Waals surface area contributed by atoms with Crippen LogP contribution in [0.3, 0.4) is 0 Å². The molecule has 0 atom stereocenters. The van der Waals surface area contributed by atoms with Crippen LogP contribution in [0.4, 0.5) is 0 Å². The first-order valence-electron chi connectivity index (χ1n) is 5.54. The number of likely N-dealkylation sites (N-methyl/N-ethyl adjacent to an activating group) is 1. The van der Waals surface area contributed by atoms with Crippen molar-refractivity contribution in [3.05, 3.63) is 29.3 Å². The minimum Gasteiger partial charge on any atom is -0.491 e. The second-order valence-corrected chi connectivity index (χ2v) is 4.13. The van der Waals surface area contributed by atoms with Gasteiger partial charge in [0.2, 0.25) is 0 Å². The Bertz CT molecular complexity index is 307. The zero-order valence-corrected chi connectivity index (χ0v) is 10.1. The van der Waals surface area contributed by atoms with Crippen molar-refractivity contribution < 1.29 is 4.74 Å². The first-order chi connectivity index (χ1) is 7.13. The number of hydrogen-bond donors (Lipinski definition) is 1. The predicted molar refractivity (Wildman–Crippen MR) is 64.6 cm³/mol. The quantitative estimate of drug-likeness (QED) is 0.801. The second kappa shape index (κ2) is 5.76. The zero-order valence-electron chi connectivity index (χ0n) is 10.1. The van der Waals surface area contributed by atoms with Crippen LogP contribution in [0, 0.1) is 6.92 Å². The first-order valence-corrected chi connectivity index (χ1v) is 5.54. The second-order valence-electron chi connectivity index (χ2n) is 4.13. The summed E-state index contributed by atoms with van der Waals surface area (Å²) in [6.07, 6.45) is 1.25. The summed E-state index contributed by atoms with van der Waals surface area (Å²) in [7, 11) is 1.97. The third-order valence-electron chi connectivity index (χ3n) is 2.22. The van der Waals surface area contributed by atoms with Gasteiger partial charge in [-0.3, -0.25) is 0 Å². The molecule has 84 valence electrons. The van der Waals surface area contributed by atoms with E-state index in [1.54, 1.807) is 0 Å². The van der Waals surface area contributed by atoms with Crippen molar-refractivity contribution in [1.29, 1.82) is 0 Å². The molecular formula is C13H21NO. The number of aryl methyl sites for hydroxylation is 1. The zero-order chi connectivity index (χ0) is 11.3. The summed E-state index contributed by atoms with van der Waals surface area (Å²) in [6, 6.07) is 6.37. The molecule has 1 rings (SSSR count). The molecule has 2 nitrogen and oxygen atoms in total. The van der Waals surface area contributed by atoms with Gasteiger partial charge >= 0.3 is 0 Å². The Morgan fingerprint density at radius 1 is 1.33 bits per heavy atom. The van der Waals surface area contributed by atoms with E-state index in [9.17, 15) is 0 Å². The fourth-order valence-electron chi connectivity index (χ4n) is 1.53. The van der Waals surface area contributed by atoms with Crippen molar-refractivity contribution in [2.45, 2.75) is 33.3 Å². The molecule has 0 aliphatic heterocycles. The lowest BCUT2D eigenvalue weighted by Gasteiger charge is -2.14. The number of nitrogens with one attached hydrogen (secondary N) is 1. The lowest BCUT2D eigenvalue weighted by Crippen LogP contribution is -2.13. The van der Waals surface area contributed by atoms with Gasteiger partial charge in [-0.1, -0.05) is 17.7 Å². The van der Waals surface area contributed by atoms with Crippen molar-refractivity contribution in [2.75, 3.05) is 13.6 Å². The van der Waals surface area contributed by atoms with E-state index in [1.165, 1.54) is 11.1 Å². The molecular weight excluding hydrogens is 186 g/mol. The molecule has 1 aromatic rings. The highest BCUT2D eigenvalue weighted by atomic mass is 16.5. The van der Waals surface area contributed by atoms with Gasteiger partial charge in [0.15, 0.2) is 0 Å². The number of ether oxygens (including phenoxy) is 1. The topological polar surface area (TPSA) is 21.3 Å². The molecule has 0 saturated heterocycles. The van der Waals surface area contributed by atoms with Gasteiger partial charge in [0, 0.05) is 0 Å². The molecule has 0 heterocycles. The summed E-state index contributed by atoms with van der Waals surface area (Å²) in [6.45, 7) is 7.21. The molecule has 1 N–H and O–H groups in total. The van der Waals surface area contributed by atoms with Crippen LogP contribution in [0.1, 0.15) is 25.0 Å². The van der Waals surface area contributed by atoms with Crippen LogP contribution in [0.25, 0.3) is 0 Å². The van der Waals surface area contributed by atoms with Gasteiger partial charge in [0.1, 0.15) is 5.75 Å². The molecule has 0 aromatic heterocycles. The third-order valence-corrected chi connectivity index (χ3v) is 2.22. The molecule has 0 amide bonds. The summed E-state index contributed by atoms with van der Waals surface area (Å²) in [4.78, 5) is 0. The minimum absolute atomic E-state index is 0.237. The van der Waals surface area contributed by atoms with Crippen LogP contribution in [-0.4, -0.2) is 19.7 Å². The maximum Gasteiger partial charge on any atom is 0.122 e. The molecule has 15 heavy (non-hydrogen) atoms. The molecule has 0 aliphatic rings. The fraction of sp³-hybridized carbons (Fsp3) is 0.538. The molecule has 0 unspecified atom stereocenters. The predicted octanol–water partition coefficient (Wildman–Crippen LogP) is 2.54. The van der Waals surface area contributed by atoms with Gasteiger partial charge < -0.3 is 10.1 Å². The van der Waals surface area contributed by atoms with E-state index < -0.39 is 0 Å². The number of benzene rings is 1. The Morgan fingerprint density at radius 2 is 2.07 bits per heavy atom. The van der Waals surface area contributed by atoms with E-state index >= 15 is 0 Å². The molecule has 0 bridgehead atoms. The Morgan fingerprint density at radius 3 is 2.67 bits per heavy atom. The molecule has 0 radical (unpaired) electrons.